The molecule has 4 rings (SSSR count). The van der Waals surface area contributed by atoms with Crippen LogP contribution in [0.4, 0.5) is 5.95 Å². The number of nitrogens with one attached hydrogen (secondary N) is 1. The molecular weight excluding hydrogens is 448 g/mol. The Kier molecular flexibility index (Phi) is 7.55. The van der Waals surface area contributed by atoms with Gasteiger partial charge in [0.1, 0.15) is 6.04 Å². The average Bonchev–Trinajstić information content (AvgIpc) is 3.20. The first-order valence-electron chi connectivity index (χ1n) is 12.3. The fraction of sp³-hybridized carbons (Fsp3) is 0.577. The first-order chi connectivity index (χ1) is 16.4. The van der Waals surface area contributed by atoms with Gasteiger partial charge in [0, 0.05) is 23.4 Å². The molecule has 1 N–H and O–H groups in total. The summed E-state index contributed by atoms with van der Waals surface area (Å²) in [6.07, 6.45) is 5.65. The van der Waals surface area contributed by atoms with Crippen molar-refractivity contribution in [3.05, 3.63) is 35.0 Å². The van der Waals surface area contributed by atoms with Gasteiger partial charge in [-0.1, -0.05) is 58.4 Å². The molecule has 1 unspecified atom stereocenters. The molecule has 1 aromatic carbocycles. The zero-order chi connectivity index (χ0) is 24.3. The molecule has 0 amide bonds. The number of ketones is 1. The van der Waals surface area contributed by atoms with Crippen molar-refractivity contribution in [2.75, 3.05) is 24.8 Å². The molecule has 0 spiro atoms. The van der Waals surface area contributed by atoms with Crippen LogP contribution in [-0.2, 0) is 4.79 Å². The minimum atomic E-state index is -0.346. The second-order valence-electron chi connectivity index (χ2n) is 9.84. The van der Waals surface area contributed by atoms with Crippen LogP contribution < -0.4 is 14.8 Å². The number of Topliss-reactive ketones (excluding diaryl/α,β-unsaturated/α-hetero) is 1. The summed E-state index contributed by atoms with van der Waals surface area (Å²) in [5.41, 5.74) is 2.58. The van der Waals surface area contributed by atoms with Gasteiger partial charge in [0.2, 0.25) is 11.1 Å². The van der Waals surface area contributed by atoms with E-state index in [4.69, 9.17) is 19.6 Å². The number of unbranched alkanes of at least 4 members (excludes halogenated alkanes) is 2. The summed E-state index contributed by atoms with van der Waals surface area (Å²) in [4.78, 5) is 18.2. The van der Waals surface area contributed by atoms with E-state index in [0.29, 0.717) is 24.7 Å². The number of aromatic nitrogens is 3. The quantitative estimate of drug-likeness (QED) is 0.326. The first kappa shape index (κ1) is 24.6. The highest BCUT2D eigenvalue weighted by molar-refractivity contribution is 7.99. The Bertz CT molecular complexity index is 1080. The van der Waals surface area contributed by atoms with Crippen LogP contribution in [0.2, 0.25) is 0 Å². The van der Waals surface area contributed by atoms with E-state index in [0.717, 1.165) is 65.6 Å². The van der Waals surface area contributed by atoms with E-state index in [9.17, 15) is 4.79 Å². The van der Waals surface area contributed by atoms with Gasteiger partial charge in [0.05, 0.1) is 13.7 Å². The molecular formula is C26H36N4O3S. The molecule has 184 valence electrons. The molecule has 1 aliphatic heterocycles. The van der Waals surface area contributed by atoms with Gasteiger partial charge in [0.15, 0.2) is 17.3 Å². The molecule has 34 heavy (non-hydrogen) atoms. The fourth-order valence-electron chi connectivity index (χ4n) is 4.66. The third-order valence-electron chi connectivity index (χ3n) is 6.26. The SMILES string of the molecule is CCCCCOc1ccc(C2C3=C(CC(C)(C)CC3=O)Nc3nc(SCCC)nn32)cc1OC. The topological polar surface area (TPSA) is 78.3 Å². The number of benzene rings is 1. The number of carbonyl (C=O) groups is 1. The third kappa shape index (κ3) is 5.11. The molecule has 2 aromatic rings. The molecule has 2 heterocycles. The van der Waals surface area contributed by atoms with Gasteiger partial charge in [-0.25, -0.2) is 4.68 Å². The van der Waals surface area contributed by atoms with Crippen molar-refractivity contribution in [2.45, 2.75) is 77.4 Å². The van der Waals surface area contributed by atoms with Crippen LogP contribution in [0.25, 0.3) is 0 Å². The van der Waals surface area contributed by atoms with Gasteiger partial charge in [-0.3, -0.25) is 4.79 Å². The van der Waals surface area contributed by atoms with Gasteiger partial charge < -0.3 is 14.8 Å². The summed E-state index contributed by atoms with van der Waals surface area (Å²) in [6, 6.07) is 5.60. The maximum absolute atomic E-state index is 13.4. The van der Waals surface area contributed by atoms with Crippen LogP contribution in [0.3, 0.4) is 0 Å². The smallest absolute Gasteiger partial charge is 0.227 e. The predicted molar refractivity (Wildman–Crippen MR) is 136 cm³/mol. The zero-order valence-electron chi connectivity index (χ0n) is 20.9. The Morgan fingerprint density at radius 3 is 2.74 bits per heavy atom. The highest BCUT2D eigenvalue weighted by Gasteiger charge is 2.42. The van der Waals surface area contributed by atoms with E-state index in [-0.39, 0.29) is 17.2 Å². The lowest BCUT2D eigenvalue weighted by Crippen LogP contribution is -2.36. The molecule has 1 atom stereocenters. The molecule has 1 aromatic heterocycles. The van der Waals surface area contributed by atoms with Gasteiger partial charge in [-0.15, -0.1) is 5.10 Å². The van der Waals surface area contributed by atoms with Crippen LogP contribution in [-0.4, -0.2) is 40.0 Å². The van der Waals surface area contributed by atoms with Crippen molar-refractivity contribution in [1.82, 2.24) is 14.8 Å². The number of hydrogen-bond donors (Lipinski definition) is 1. The van der Waals surface area contributed by atoms with Gasteiger partial charge in [-0.2, -0.15) is 4.98 Å². The van der Waals surface area contributed by atoms with Crippen molar-refractivity contribution in [3.63, 3.8) is 0 Å². The van der Waals surface area contributed by atoms with Crippen molar-refractivity contribution < 1.29 is 14.3 Å². The first-order valence-corrected chi connectivity index (χ1v) is 13.3. The van der Waals surface area contributed by atoms with E-state index in [1.165, 1.54) is 0 Å². The largest absolute Gasteiger partial charge is 0.493 e. The van der Waals surface area contributed by atoms with Crippen molar-refractivity contribution >= 4 is 23.5 Å². The monoisotopic (exact) mass is 484 g/mol. The van der Waals surface area contributed by atoms with E-state index in [2.05, 4.69) is 33.0 Å². The second kappa shape index (κ2) is 10.4. The Hall–Kier alpha value is -2.48. The van der Waals surface area contributed by atoms with Crippen molar-refractivity contribution in [2.24, 2.45) is 5.41 Å². The minimum Gasteiger partial charge on any atom is -0.493 e. The maximum Gasteiger partial charge on any atom is 0.227 e. The predicted octanol–water partition coefficient (Wildman–Crippen LogP) is 6.02. The number of thioether (sulfide) groups is 1. The van der Waals surface area contributed by atoms with Crippen LogP contribution in [0.1, 0.15) is 77.8 Å². The molecule has 8 heteroatoms. The standard InChI is InChI=1S/C26H36N4O3S/c1-6-8-9-12-33-20-11-10-17(14-21(20)32-5)23-22-18(15-26(3,4)16-19(22)31)27-24-28-25(29-30(23)24)34-13-7-2/h10-11,14,23H,6-9,12-13,15-16H2,1-5H3,(H,27,28,29). The molecule has 0 saturated carbocycles. The summed E-state index contributed by atoms with van der Waals surface area (Å²) in [7, 11) is 1.65. The van der Waals surface area contributed by atoms with Crippen molar-refractivity contribution in [1.29, 1.82) is 0 Å². The number of nitrogens with zero attached hydrogens (tertiary/aromatic N) is 3. The van der Waals surface area contributed by atoms with E-state index >= 15 is 0 Å². The minimum absolute atomic E-state index is 0.0939. The lowest BCUT2D eigenvalue weighted by atomic mass is 9.73. The van der Waals surface area contributed by atoms with Crippen LogP contribution in [0.15, 0.2) is 34.6 Å². The molecule has 1 aliphatic carbocycles. The summed E-state index contributed by atoms with van der Waals surface area (Å²) in [6.45, 7) is 9.26. The third-order valence-corrected chi connectivity index (χ3v) is 7.30. The zero-order valence-corrected chi connectivity index (χ0v) is 21.8. The number of rotatable bonds is 10. The van der Waals surface area contributed by atoms with E-state index in [1.807, 2.05) is 22.9 Å². The summed E-state index contributed by atoms with van der Waals surface area (Å²) in [5.74, 6) is 3.18. The van der Waals surface area contributed by atoms with Crippen LogP contribution >= 0.6 is 11.8 Å². The highest BCUT2D eigenvalue weighted by Crippen LogP contribution is 2.46. The Balaban J connectivity index is 1.74. The average molecular weight is 485 g/mol. The highest BCUT2D eigenvalue weighted by atomic mass is 32.2. The Labute approximate surface area is 206 Å². The van der Waals surface area contributed by atoms with Gasteiger partial charge in [-0.05, 0) is 42.4 Å². The van der Waals surface area contributed by atoms with Gasteiger partial charge >= 0.3 is 0 Å². The lowest BCUT2D eigenvalue weighted by Gasteiger charge is -2.38. The molecule has 0 radical (unpaired) electrons. The Morgan fingerprint density at radius 1 is 1.18 bits per heavy atom. The summed E-state index contributed by atoms with van der Waals surface area (Å²) >= 11 is 1.64. The van der Waals surface area contributed by atoms with Crippen LogP contribution in [0.5, 0.6) is 11.5 Å². The molecule has 7 nitrogen and oxygen atoms in total. The number of methoxy groups -OCH3 is 1. The Morgan fingerprint density at radius 2 is 2.00 bits per heavy atom. The molecule has 2 aliphatic rings. The van der Waals surface area contributed by atoms with Crippen molar-refractivity contribution in [3.8, 4) is 11.5 Å². The number of anilines is 1. The number of fused-ring (bicyclic) bond motifs is 1. The van der Waals surface area contributed by atoms with Crippen LogP contribution in [0, 0.1) is 5.41 Å². The second-order valence-corrected chi connectivity index (χ2v) is 10.9. The number of hydrogen-bond acceptors (Lipinski definition) is 7. The van der Waals surface area contributed by atoms with E-state index in [1.54, 1.807) is 18.9 Å². The normalized spacial score (nSPS) is 18.9. The number of carbonyl (C=O) groups excluding carboxylic acids is 1. The fourth-order valence-corrected chi connectivity index (χ4v) is 5.34. The maximum atomic E-state index is 13.4. The summed E-state index contributed by atoms with van der Waals surface area (Å²) < 4.78 is 13.5. The van der Waals surface area contributed by atoms with Gasteiger partial charge in [0.25, 0.3) is 0 Å². The van der Waals surface area contributed by atoms with E-state index < -0.39 is 0 Å². The summed E-state index contributed by atoms with van der Waals surface area (Å²) in [5, 5.41) is 8.97. The lowest BCUT2D eigenvalue weighted by molar-refractivity contribution is -0.118. The molecule has 0 saturated heterocycles. The molecule has 0 fully saturated rings. The number of ether oxygens (including phenoxy) is 2. The number of allylic oxidation sites excluding steroid dienone is 2. The molecule has 0 bridgehead atoms.